The van der Waals surface area contributed by atoms with Crippen molar-refractivity contribution in [3.05, 3.63) is 95.1 Å². The molecular formula is C31H31FN8O6. The molecule has 0 aliphatic carbocycles. The quantitative estimate of drug-likeness (QED) is 0.158. The molecule has 4 aromatic rings. The molecule has 0 bridgehead atoms. The second-order valence-corrected chi connectivity index (χ2v) is 10.3. The average molecular weight is 631 g/mol. The number of amides is 3. The van der Waals surface area contributed by atoms with Gasteiger partial charge in [0.2, 0.25) is 17.6 Å². The van der Waals surface area contributed by atoms with Crippen molar-refractivity contribution >= 4 is 29.5 Å². The Balaban J connectivity index is 1.51. The normalized spacial score (nSPS) is 13.2. The van der Waals surface area contributed by atoms with Crippen molar-refractivity contribution in [2.24, 2.45) is 0 Å². The van der Waals surface area contributed by atoms with E-state index in [1.165, 1.54) is 42.5 Å². The summed E-state index contributed by atoms with van der Waals surface area (Å²) in [6, 6.07) is 11.7. The number of nitrogens with zero attached hydrogens (tertiary/aromatic N) is 5. The summed E-state index contributed by atoms with van der Waals surface area (Å²) in [5.74, 6) is -2.81. The van der Waals surface area contributed by atoms with Crippen LogP contribution in [0.2, 0.25) is 0 Å². The zero-order chi connectivity index (χ0) is 33.2. The van der Waals surface area contributed by atoms with Crippen LogP contribution in [-0.2, 0) is 16.1 Å². The summed E-state index contributed by atoms with van der Waals surface area (Å²) < 4.78 is 26.5. The molecule has 0 saturated carbocycles. The highest BCUT2D eigenvalue weighted by atomic mass is 19.1. The fourth-order valence-corrected chi connectivity index (χ4v) is 4.15. The van der Waals surface area contributed by atoms with Gasteiger partial charge < -0.3 is 30.3 Å². The zero-order valence-corrected chi connectivity index (χ0v) is 25.1. The average Bonchev–Trinajstić information content (AvgIpc) is 3.72. The molecule has 0 unspecified atom stereocenters. The largest absolute Gasteiger partial charge is 0.491 e. The highest BCUT2D eigenvalue weighted by molar-refractivity contribution is 5.97. The van der Waals surface area contributed by atoms with Crippen LogP contribution in [0.3, 0.4) is 0 Å². The Bertz CT molecular complexity index is 1760. The van der Waals surface area contributed by atoms with E-state index in [-0.39, 0.29) is 23.6 Å². The number of aryl methyl sites for hydroxylation is 2. The summed E-state index contributed by atoms with van der Waals surface area (Å²) in [6.07, 6.45) is 2.84. The van der Waals surface area contributed by atoms with Gasteiger partial charge in [-0.15, -0.1) is 0 Å². The molecule has 2 aromatic heterocycles. The predicted molar refractivity (Wildman–Crippen MR) is 161 cm³/mol. The summed E-state index contributed by atoms with van der Waals surface area (Å²) in [5, 5.41) is 34.9. The lowest BCUT2D eigenvalue weighted by atomic mass is 10.1. The van der Waals surface area contributed by atoms with Crippen LogP contribution in [0.15, 0.2) is 65.7 Å². The molecule has 3 amide bonds. The molecular weight excluding hydrogens is 599 g/mol. The number of hydrogen-bond donors (Lipinski definition) is 4. The highest BCUT2D eigenvalue weighted by Crippen LogP contribution is 2.18. The molecule has 4 N–H and O–H groups in total. The maximum atomic E-state index is 14.4. The summed E-state index contributed by atoms with van der Waals surface area (Å²) in [4.78, 5) is 43.1. The first-order valence-electron chi connectivity index (χ1n) is 14.0. The Kier molecular flexibility index (Phi) is 10.9. The third-order valence-electron chi connectivity index (χ3n) is 6.56. The van der Waals surface area contributed by atoms with E-state index in [0.29, 0.717) is 22.6 Å². The van der Waals surface area contributed by atoms with Gasteiger partial charge in [-0.25, -0.2) is 14.1 Å². The molecule has 0 aliphatic heterocycles. The standard InChI is InChI=1S/C31H31FN8O6/c1-18-7-8-22(25(32)9-18)14-35-29(42)26(37-31(44)28(20(3)41)38-30(43)27-10-19(2)39-46-27)15-45-24-6-4-5-21(12-24)11-23(13-33)40-17-34-16-36-40/h4-12,16-17,20,26,28,41H,14-15H2,1-3H3,(H,35,42)(H,37,44)(H,38,43)/t20-,26+,28+/m1/s1. The number of carbonyl (C=O) groups excluding carboxylic acids is 3. The zero-order valence-electron chi connectivity index (χ0n) is 25.1. The van der Waals surface area contributed by atoms with E-state index >= 15 is 0 Å². The lowest BCUT2D eigenvalue weighted by Crippen LogP contribution is -2.58. The maximum absolute atomic E-state index is 14.4. The summed E-state index contributed by atoms with van der Waals surface area (Å²) in [5.41, 5.74) is 2.13. The number of aromatic nitrogens is 4. The van der Waals surface area contributed by atoms with Gasteiger partial charge in [0.15, 0.2) is 0 Å². The van der Waals surface area contributed by atoms with Gasteiger partial charge in [-0.2, -0.15) is 10.4 Å². The van der Waals surface area contributed by atoms with Gasteiger partial charge in [-0.1, -0.05) is 29.4 Å². The number of aliphatic hydroxyl groups is 1. The Labute approximate surface area is 262 Å². The minimum absolute atomic E-state index is 0.175. The van der Waals surface area contributed by atoms with Crippen molar-refractivity contribution in [2.75, 3.05) is 6.61 Å². The van der Waals surface area contributed by atoms with E-state index in [4.69, 9.17) is 9.26 Å². The van der Waals surface area contributed by atoms with Gasteiger partial charge >= 0.3 is 0 Å². The second-order valence-electron chi connectivity index (χ2n) is 10.3. The van der Waals surface area contributed by atoms with Crippen LogP contribution in [0.5, 0.6) is 5.75 Å². The molecule has 0 spiro atoms. The van der Waals surface area contributed by atoms with Crippen LogP contribution in [0, 0.1) is 31.0 Å². The van der Waals surface area contributed by atoms with E-state index in [2.05, 4.69) is 31.2 Å². The lowest BCUT2D eigenvalue weighted by molar-refractivity contribution is -0.132. The van der Waals surface area contributed by atoms with Crippen molar-refractivity contribution in [3.63, 3.8) is 0 Å². The molecule has 15 heteroatoms. The van der Waals surface area contributed by atoms with Crippen LogP contribution in [0.4, 0.5) is 4.39 Å². The first-order valence-corrected chi connectivity index (χ1v) is 14.0. The fourth-order valence-electron chi connectivity index (χ4n) is 4.15. The number of nitriles is 1. The van der Waals surface area contributed by atoms with Crippen LogP contribution < -0.4 is 20.7 Å². The third-order valence-corrected chi connectivity index (χ3v) is 6.56. The van der Waals surface area contributed by atoms with Crippen LogP contribution in [0.25, 0.3) is 11.8 Å². The second kappa shape index (κ2) is 15.2. The summed E-state index contributed by atoms with van der Waals surface area (Å²) in [7, 11) is 0. The maximum Gasteiger partial charge on any atom is 0.290 e. The van der Waals surface area contributed by atoms with Gasteiger partial charge in [0.1, 0.15) is 54.7 Å². The number of benzene rings is 2. The minimum atomic E-state index is -1.49. The number of rotatable bonds is 13. The molecule has 14 nitrogen and oxygen atoms in total. The Hall–Kier alpha value is -5.88. The molecule has 0 saturated heterocycles. The third kappa shape index (κ3) is 8.83. The molecule has 0 fully saturated rings. The van der Waals surface area contributed by atoms with Crippen molar-refractivity contribution in [1.82, 2.24) is 35.9 Å². The van der Waals surface area contributed by atoms with E-state index in [1.807, 2.05) is 6.07 Å². The molecule has 2 aromatic carbocycles. The number of allylic oxidation sites excluding steroid dienone is 1. The number of nitrogens with one attached hydrogen (secondary N) is 3. The number of halogens is 1. The number of ether oxygens (including phenoxy) is 1. The molecule has 3 atom stereocenters. The van der Waals surface area contributed by atoms with Crippen LogP contribution >= 0.6 is 0 Å². The SMILES string of the molecule is Cc1ccc(CNC(=O)[C@H](COc2cccc(C=C(C#N)n3cncn3)c2)NC(=O)[C@@H](NC(=O)c2cc(C)no2)[C@@H](C)O)c(F)c1. The molecule has 4 rings (SSSR count). The molecule has 2 heterocycles. The van der Waals surface area contributed by atoms with Gasteiger partial charge in [-0.05, 0) is 56.2 Å². The topological polar surface area (TPSA) is 197 Å². The Morgan fingerprint density at radius 2 is 1.96 bits per heavy atom. The van der Waals surface area contributed by atoms with E-state index in [0.717, 1.165) is 0 Å². The Morgan fingerprint density at radius 3 is 2.61 bits per heavy atom. The number of carbonyl (C=O) groups is 3. The molecule has 46 heavy (non-hydrogen) atoms. The minimum Gasteiger partial charge on any atom is -0.491 e. The van der Waals surface area contributed by atoms with Crippen molar-refractivity contribution in [3.8, 4) is 11.8 Å². The number of hydrogen-bond acceptors (Lipinski definition) is 10. The summed E-state index contributed by atoms with van der Waals surface area (Å²) >= 11 is 0. The molecule has 0 radical (unpaired) electrons. The van der Waals surface area contributed by atoms with Crippen molar-refractivity contribution in [2.45, 2.75) is 45.5 Å². The van der Waals surface area contributed by atoms with Gasteiger partial charge in [0, 0.05) is 18.2 Å². The number of aliphatic hydroxyl groups excluding tert-OH is 1. The monoisotopic (exact) mass is 630 g/mol. The summed E-state index contributed by atoms with van der Waals surface area (Å²) in [6.45, 7) is 4.05. The van der Waals surface area contributed by atoms with E-state index in [9.17, 15) is 29.1 Å². The first-order chi connectivity index (χ1) is 22.0. The fraction of sp³-hybridized carbons (Fsp3) is 0.258. The van der Waals surface area contributed by atoms with Gasteiger partial charge in [-0.3, -0.25) is 14.4 Å². The van der Waals surface area contributed by atoms with Crippen LogP contribution in [-0.4, -0.2) is 67.5 Å². The van der Waals surface area contributed by atoms with E-state index < -0.39 is 48.3 Å². The van der Waals surface area contributed by atoms with E-state index in [1.54, 1.807) is 50.3 Å². The van der Waals surface area contributed by atoms with Crippen molar-refractivity contribution in [1.29, 1.82) is 5.26 Å². The lowest BCUT2D eigenvalue weighted by Gasteiger charge is -2.24. The van der Waals surface area contributed by atoms with Gasteiger partial charge in [0.05, 0.1) is 11.8 Å². The first kappa shape index (κ1) is 33.0. The van der Waals surface area contributed by atoms with Crippen LogP contribution in [0.1, 0.15) is 39.9 Å². The molecule has 0 aliphatic rings. The predicted octanol–water partition coefficient (Wildman–Crippen LogP) is 1.90. The van der Waals surface area contributed by atoms with Crippen molar-refractivity contribution < 1.29 is 33.1 Å². The molecule has 238 valence electrons. The Morgan fingerprint density at radius 1 is 1.15 bits per heavy atom. The van der Waals surface area contributed by atoms with Gasteiger partial charge in [0.25, 0.3) is 5.91 Å². The highest BCUT2D eigenvalue weighted by Gasteiger charge is 2.31. The smallest absolute Gasteiger partial charge is 0.290 e.